The van der Waals surface area contributed by atoms with Crippen molar-refractivity contribution < 1.29 is 13.2 Å². The summed E-state index contributed by atoms with van der Waals surface area (Å²) < 4.78 is 26.0. The van der Waals surface area contributed by atoms with E-state index in [0.717, 1.165) is 11.5 Å². The molecule has 104 valence electrons. The van der Waals surface area contributed by atoms with Gasteiger partial charge in [0.05, 0.1) is 4.90 Å². The maximum Gasteiger partial charge on any atom is 0.331 e. The van der Waals surface area contributed by atoms with Crippen LogP contribution in [0.2, 0.25) is 5.02 Å². The van der Waals surface area contributed by atoms with E-state index in [0.29, 0.717) is 18.1 Å². The number of carbonyl (C=O) groups is 1. The van der Waals surface area contributed by atoms with E-state index in [1.54, 1.807) is 11.8 Å². The fourth-order valence-electron chi connectivity index (χ4n) is 1.62. The number of hydrogen-bond acceptors (Lipinski definition) is 4. The van der Waals surface area contributed by atoms with Crippen molar-refractivity contribution in [2.45, 2.75) is 4.90 Å². The third kappa shape index (κ3) is 3.77. The van der Waals surface area contributed by atoms with Crippen molar-refractivity contribution in [3.63, 3.8) is 0 Å². The van der Waals surface area contributed by atoms with Gasteiger partial charge in [-0.25, -0.2) is 17.9 Å². The highest BCUT2D eigenvalue weighted by Crippen LogP contribution is 2.15. The van der Waals surface area contributed by atoms with E-state index in [9.17, 15) is 13.2 Å². The molecule has 1 aliphatic heterocycles. The van der Waals surface area contributed by atoms with Crippen LogP contribution in [-0.4, -0.2) is 43.9 Å². The number of carbonyl (C=O) groups excluding carboxylic acids is 1. The van der Waals surface area contributed by atoms with Crippen molar-refractivity contribution in [1.82, 2.24) is 9.62 Å². The number of sulfonamides is 1. The van der Waals surface area contributed by atoms with Gasteiger partial charge >= 0.3 is 6.03 Å². The molecule has 1 saturated heterocycles. The third-order valence-corrected chi connectivity index (χ3v) is 5.17. The molecule has 1 N–H and O–H groups in total. The number of thioether (sulfide) groups is 1. The molecule has 1 fully saturated rings. The van der Waals surface area contributed by atoms with Gasteiger partial charge in [-0.1, -0.05) is 11.6 Å². The van der Waals surface area contributed by atoms with E-state index in [1.807, 2.05) is 0 Å². The largest absolute Gasteiger partial charge is 0.331 e. The first-order chi connectivity index (χ1) is 8.99. The molecule has 1 aromatic carbocycles. The molecule has 0 bridgehead atoms. The van der Waals surface area contributed by atoms with Crippen LogP contribution in [0.5, 0.6) is 0 Å². The number of nitrogens with zero attached hydrogens (tertiary/aromatic N) is 1. The Morgan fingerprint density at radius 2 is 1.79 bits per heavy atom. The van der Waals surface area contributed by atoms with Crippen LogP contribution in [0.25, 0.3) is 0 Å². The number of benzene rings is 1. The molecule has 0 aliphatic carbocycles. The van der Waals surface area contributed by atoms with E-state index in [1.165, 1.54) is 29.2 Å². The molecule has 0 unspecified atom stereocenters. The second kappa shape index (κ2) is 6.02. The number of amides is 2. The monoisotopic (exact) mass is 320 g/mol. The minimum atomic E-state index is -3.83. The zero-order chi connectivity index (χ0) is 13.9. The minimum Gasteiger partial charge on any atom is -0.322 e. The highest BCUT2D eigenvalue weighted by molar-refractivity contribution is 7.99. The Kier molecular flexibility index (Phi) is 4.59. The number of urea groups is 1. The summed E-state index contributed by atoms with van der Waals surface area (Å²) in [6, 6.07) is 5.10. The van der Waals surface area contributed by atoms with Gasteiger partial charge < -0.3 is 4.90 Å². The topological polar surface area (TPSA) is 66.5 Å². The Morgan fingerprint density at radius 3 is 2.37 bits per heavy atom. The predicted molar refractivity (Wildman–Crippen MR) is 76.1 cm³/mol. The Balaban J connectivity index is 2.08. The molecule has 5 nitrogen and oxygen atoms in total. The summed E-state index contributed by atoms with van der Waals surface area (Å²) in [5.74, 6) is 1.66. The molecular weight excluding hydrogens is 308 g/mol. The van der Waals surface area contributed by atoms with Crippen molar-refractivity contribution in [2.75, 3.05) is 24.6 Å². The molecular formula is C11H13ClN2O3S2. The summed E-state index contributed by atoms with van der Waals surface area (Å²) in [4.78, 5) is 13.4. The van der Waals surface area contributed by atoms with Crippen molar-refractivity contribution >= 4 is 39.4 Å². The number of rotatable bonds is 2. The summed E-state index contributed by atoms with van der Waals surface area (Å²) in [5.41, 5.74) is 0. The summed E-state index contributed by atoms with van der Waals surface area (Å²) >= 11 is 7.44. The predicted octanol–water partition coefficient (Wildman–Crippen LogP) is 1.79. The highest BCUT2D eigenvalue weighted by Gasteiger charge is 2.23. The minimum absolute atomic E-state index is 0.0247. The van der Waals surface area contributed by atoms with Gasteiger partial charge in [0, 0.05) is 29.6 Å². The van der Waals surface area contributed by atoms with Crippen molar-refractivity contribution in [1.29, 1.82) is 0 Å². The first-order valence-corrected chi connectivity index (χ1v) is 8.66. The van der Waals surface area contributed by atoms with Crippen molar-refractivity contribution in [3.8, 4) is 0 Å². The standard InChI is InChI=1S/C11H13ClN2O3S2/c12-9-1-3-10(4-2-9)19(16,17)13-11(15)14-5-7-18-8-6-14/h1-4H,5-8H2,(H,13,15). The summed E-state index contributed by atoms with van der Waals surface area (Å²) in [5, 5.41) is 0.443. The lowest BCUT2D eigenvalue weighted by Crippen LogP contribution is -2.46. The first-order valence-electron chi connectivity index (χ1n) is 5.64. The van der Waals surface area contributed by atoms with Gasteiger partial charge in [0.2, 0.25) is 0 Å². The second-order valence-corrected chi connectivity index (χ2v) is 7.31. The lowest BCUT2D eigenvalue weighted by Gasteiger charge is -2.26. The van der Waals surface area contributed by atoms with E-state index >= 15 is 0 Å². The molecule has 8 heteroatoms. The van der Waals surface area contributed by atoms with Gasteiger partial charge in [-0.05, 0) is 24.3 Å². The molecule has 0 spiro atoms. The van der Waals surface area contributed by atoms with Crippen LogP contribution >= 0.6 is 23.4 Å². The molecule has 0 aromatic heterocycles. The molecule has 0 radical (unpaired) electrons. The van der Waals surface area contributed by atoms with Crippen molar-refractivity contribution in [2.24, 2.45) is 0 Å². The first kappa shape index (κ1) is 14.5. The zero-order valence-electron chi connectivity index (χ0n) is 10.0. The number of nitrogens with one attached hydrogen (secondary N) is 1. The smallest absolute Gasteiger partial charge is 0.322 e. The fraction of sp³-hybridized carbons (Fsp3) is 0.364. The molecule has 0 atom stereocenters. The van der Waals surface area contributed by atoms with Gasteiger partial charge in [0.25, 0.3) is 10.0 Å². The van der Waals surface area contributed by atoms with Crippen LogP contribution in [0.15, 0.2) is 29.2 Å². The molecule has 2 rings (SSSR count). The Labute approximate surface area is 121 Å². The van der Waals surface area contributed by atoms with Crippen LogP contribution in [0.4, 0.5) is 4.79 Å². The van der Waals surface area contributed by atoms with Crippen LogP contribution < -0.4 is 4.72 Å². The Morgan fingerprint density at radius 1 is 1.21 bits per heavy atom. The van der Waals surface area contributed by atoms with Gasteiger partial charge in [-0.2, -0.15) is 11.8 Å². The van der Waals surface area contributed by atoms with Gasteiger partial charge in [0.15, 0.2) is 0 Å². The average Bonchev–Trinajstić information content (AvgIpc) is 2.40. The number of halogens is 1. The van der Waals surface area contributed by atoms with Gasteiger partial charge in [-0.15, -0.1) is 0 Å². The zero-order valence-corrected chi connectivity index (χ0v) is 12.4. The Hall–Kier alpha value is -0.920. The van der Waals surface area contributed by atoms with E-state index in [2.05, 4.69) is 4.72 Å². The van der Waals surface area contributed by atoms with E-state index in [4.69, 9.17) is 11.6 Å². The summed E-state index contributed by atoms with van der Waals surface area (Å²) in [7, 11) is -3.83. The lowest BCUT2D eigenvalue weighted by atomic mass is 10.4. The van der Waals surface area contributed by atoms with E-state index < -0.39 is 16.1 Å². The van der Waals surface area contributed by atoms with Crippen LogP contribution in [-0.2, 0) is 10.0 Å². The molecule has 2 amide bonds. The number of hydrogen-bond donors (Lipinski definition) is 1. The molecule has 19 heavy (non-hydrogen) atoms. The van der Waals surface area contributed by atoms with Crippen LogP contribution in [0.1, 0.15) is 0 Å². The molecule has 1 heterocycles. The van der Waals surface area contributed by atoms with Crippen LogP contribution in [0.3, 0.4) is 0 Å². The molecule has 0 saturated carbocycles. The maximum atomic E-state index is 12.0. The third-order valence-electron chi connectivity index (χ3n) is 2.64. The molecule has 1 aromatic rings. The maximum absolute atomic E-state index is 12.0. The van der Waals surface area contributed by atoms with Gasteiger partial charge in [-0.3, -0.25) is 0 Å². The quantitative estimate of drug-likeness (QED) is 0.902. The van der Waals surface area contributed by atoms with Crippen molar-refractivity contribution in [3.05, 3.63) is 29.3 Å². The Bertz CT molecular complexity index is 554. The fourth-order valence-corrected chi connectivity index (χ4v) is 3.62. The average molecular weight is 321 g/mol. The molecule has 1 aliphatic rings. The van der Waals surface area contributed by atoms with Gasteiger partial charge in [0.1, 0.15) is 0 Å². The van der Waals surface area contributed by atoms with Crippen LogP contribution in [0, 0.1) is 0 Å². The SMILES string of the molecule is O=C(NS(=O)(=O)c1ccc(Cl)cc1)N1CCSCC1. The normalized spacial score (nSPS) is 16.2. The summed E-state index contributed by atoms with van der Waals surface area (Å²) in [6.45, 7) is 1.12. The second-order valence-electron chi connectivity index (χ2n) is 3.96. The lowest BCUT2D eigenvalue weighted by molar-refractivity contribution is 0.209. The summed E-state index contributed by atoms with van der Waals surface area (Å²) in [6.07, 6.45) is 0. The highest BCUT2D eigenvalue weighted by atomic mass is 35.5. The van der Waals surface area contributed by atoms with E-state index in [-0.39, 0.29) is 4.90 Å².